The second-order valence-corrected chi connectivity index (χ2v) is 5.68. The summed E-state index contributed by atoms with van der Waals surface area (Å²) in [6.07, 6.45) is 2.82. The maximum Gasteiger partial charge on any atom is 0.269 e. The number of non-ortho nitro benzene ring substituents is 1. The van der Waals surface area contributed by atoms with E-state index in [-0.39, 0.29) is 10.6 Å². The Morgan fingerprint density at radius 1 is 1.38 bits per heavy atom. The summed E-state index contributed by atoms with van der Waals surface area (Å²) in [5.74, 6) is 1.35. The number of methoxy groups -OCH3 is 1. The molecule has 21 heavy (non-hydrogen) atoms. The predicted octanol–water partition coefficient (Wildman–Crippen LogP) is 3.56. The number of nitro benzene ring substituents is 1. The molecule has 1 aromatic carbocycles. The molecular weight excluding hydrogens is 268 g/mol. The van der Waals surface area contributed by atoms with Gasteiger partial charge < -0.3 is 10.1 Å². The zero-order chi connectivity index (χ0) is 15.8. The first-order valence-corrected chi connectivity index (χ1v) is 7.52. The Morgan fingerprint density at radius 3 is 2.62 bits per heavy atom. The third-order valence-corrected chi connectivity index (χ3v) is 3.49. The highest BCUT2D eigenvalue weighted by atomic mass is 16.6. The number of hydrogen-bond donors (Lipinski definition) is 1. The van der Waals surface area contributed by atoms with Crippen LogP contribution < -0.4 is 10.1 Å². The van der Waals surface area contributed by atoms with E-state index in [1.165, 1.54) is 6.07 Å². The van der Waals surface area contributed by atoms with Crippen molar-refractivity contribution in [3.63, 3.8) is 0 Å². The molecule has 1 atom stereocenters. The standard InChI is InChI=1S/C16H26N2O3/c1-5-17-14(10-12(2)3)7-6-13-11-15(18(19)20)8-9-16(13)21-4/h8-9,11-12,14,17H,5-7,10H2,1-4H3. The molecule has 0 amide bonds. The van der Waals surface area contributed by atoms with Crippen molar-refractivity contribution in [3.8, 4) is 5.75 Å². The molecule has 0 aromatic heterocycles. The van der Waals surface area contributed by atoms with Crippen LogP contribution in [-0.2, 0) is 6.42 Å². The number of hydrogen-bond acceptors (Lipinski definition) is 4. The summed E-state index contributed by atoms with van der Waals surface area (Å²) < 4.78 is 5.31. The highest BCUT2D eigenvalue weighted by Gasteiger charge is 2.14. The molecule has 1 N–H and O–H groups in total. The fourth-order valence-electron chi connectivity index (χ4n) is 2.56. The normalized spacial score (nSPS) is 12.4. The topological polar surface area (TPSA) is 64.4 Å². The minimum atomic E-state index is -0.362. The van der Waals surface area contributed by atoms with Gasteiger partial charge in [-0.15, -0.1) is 0 Å². The van der Waals surface area contributed by atoms with Gasteiger partial charge in [-0.3, -0.25) is 10.1 Å². The number of ether oxygens (including phenoxy) is 1. The molecule has 5 nitrogen and oxygen atoms in total. The zero-order valence-electron chi connectivity index (χ0n) is 13.4. The van der Waals surface area contributed by atoms with Gasteiger partial charge in [-0.1, -0.05) is 20.8 Å². The van der Waals surface area contributed by atoms with Crippen molar-refractivity contribution in [3.05, 3.63) is 33.9 Å². The molecule has 0 saturated heterocycles. The lowest BCUT2D eigenvalue weighted by Crippen LogP contribution is -2.30. The van der Waals surface area contributed by atoms with Gasteiger partial charge in [-0.25, -0.2) is 0 Å². The van der Waals surface area contributed by atoms with E-state index < -0.39 is 0 Å². The Bertz CT molecular complexity index is 461. The fraction of sp³-hybridized carbons (Fsp3) is 0.625. The van der Waals surface area contributed by atoms with E-state index in [1.54, 1.807) is 19.2 Å². The van der Waals surface area contributed by atoms with Gasteiger partial charge in [0.05, 0.1) is 12.0 Å². The summed E-state index contributed by atoms with van der Waals surface area (Å²) in [7, 11) is 1.60. The second kappa shape index (κ2) is 8.62. The first kappa shape index (κ1) is 17.4. The molecule has 0 bridgehead atoms. The number of rotatable bonds is 9. The molecule has 1 aromatic rings. The molecule has 0 heterocycles. The monoisotopic (exact) mass is 294 g/mol. The molecule has 5 heteroatoms. The lowest BCUT2D eigenvalue weighted by molar-refractivity contribution is -0.384. The van der Waals surface area contributed by atoms with Crippen LogP contribution in [-0.4, -0.2) is 24.6 Å². The van der Waals surface area contributed by atoms with Crippen LogP contribution in [0.25, 0.3) is 0 Å². The lowest BCUT2D eigenvalue weighted by Gasteiger charge is -2.20. The second-order valence-electron chi connectivity index (χ2n) is 5.68. The van der Waals surface area contributed by atoms with Crippen LogP contribution >= 0.6 is 0 Å². The number of aryl methyl sites for hydroxylation is 1. The molecule has 118 valence electrons. The first-order chi connectivity index (χ1) is 9.97. The van der Waals surface area contributed by atoms with Crippen molar-refractivity contribution in [2.75, 3.05) is 13.7 Å². The highest BCUT2D eigenvalue weighted by Crippen LogP contribution is 2.26. The van der Waals surface area contributed by atoms with E-state index in [0.717, 1.165) is 37.1 Å². The van der Waals surface area contributed by atoms with Crippen LogP contribution in [0.3, 0.4) is 0 Å². The minimum absolute atomic E-state index is 0.120. The van der Waals surface area contributed by atoms with Crippen molar-refractivity contribution in [1.82, 2.24) is 5.32 Å². The van der Waals surface area contributed by atoms with Gasteiger partial charge in [0, 0.05) is 23.7 Å². The van der Waals surface area contributed by atoms with Gasteiger partial charge >= 0.3 is 0 Å². The van der Waals surface area contributed by atoms with Crippen LogP contribution in [0.4, 0.5) is 5.69 Å². The Kier molecular flexibility index (Phi) is 7.15. The van der Waals surface area contributed by atoms with Crippen LogP contribution in [0.15, 0.2) is 18.2 Å². The summed E-state index contributed by atoms with van der Waals surface area (Å²) in [6.45, 7) is 7.45. The number of nitrogens with zero attached hydrogens (tertiary/aromatic N) is 1. The van der Waals surface area contributed by atoms with Crippen LogP contribution in [0.1, 0.15) is 39.2 Å². The van der Waals surface area contributed by atoms with Crippen LogP contribution in [0, 0.1) is 16.0 Å². The Morgan fingerprint density at radius 2 is 2.10 bits per heavy atom. The molecule has 0 spiro atoms. The van der Waals surface area contributed by atoms with E-state index in [9.17, 15) is 10.1 Å². The summed E-state index contributed by atoms with van der Waals surface area (Å²) in [4.78, 5) is 10.5. The average Bonchev–Trinajstić information content (AvgIpc) is 2.44. The van der Waals surface area contributed by atoms with Crippen molar-refractivity contribution in [2.24, 2.45) is 5.92 Å². The van der Waals surface area contributed by atoms with Gasteiger partial charge in [0.15, 0.2) is 0 Å². The number of benzene rings is 1. The van der Waals surface area contributed by atoms with E-state index in [2.05, 4.69) is 26.1 Å². The first-order valence-electron chi connectivity index (χ1n) is 7.52. The molecule has 0 fully saturated rings. The van der Waals surface area contributed by atoms with Gasteiger partial charge in [0.2, 0.25) is 0 Å². The Labute approximate surface area is 126 Å². The van der Waals surface area contributed by atoms with Crippen LogP contribution in [0.5, 0.6) is 5.75 Å². The SMILES string of the molecule is CCNC(CCc1cc([N+](=O)[O-])ccc1OC)CC(C)C. The van der Waals surface area contributed by atoms with Crippen molar-refractivity contribution in [2.45, 2.75) is 46.1 Å². The van der Waals surface area contributed by atoms with Crippen LogP contribution in [0.2, 0.25) is 0 Å². The summed E-state index contributed by atoms with van der Waals surface area (Å²) in [5, 5.41) is 14.4. The maximum atomic E-state index is 10.9. The third-order valence-electron chi connectivity index (χ3n) is 3.49. The molecule has 0 radical (unpaired) electrons. The van der Waals surface area contributed by atoms with E-state index in [0.29, 0.717) is 12.0 Å². The lowest BCUT2D eigenvalue weighted by atomic mass is 9.97. The third kappa shape index (κ3) is 5.71. The number of nitrogens with one attached hydrogen (secondary N) is 1. The quantitative estimate of drug-likeness (QED) is 0.558. The predicted molar refractivity (Wildman–Crippen MR) is 84.9 cm³/mol. The zero-order valence-corrected chi connectivity index (χ0v) is 13.4. The molecule has 1 rings (SSSR count). The van der Waals surface area contributed by atoms with Crippen molar-refractivity contribution >= 4 is 5.69 Å². The van der Waals surface area contributed by atoms with E-state index in [1.807, 2.05) is 0 Å². The van der Waals surface area contributed by atoms with Gasteiger partial charge in [-0.2, -0.15) is 0 Å². The molecular formula is C16H26N2O3. The summed E-state index contributed by atoms with van der Waals surface area (Å²) >= 11 is 0. The molecule has 1 unspecified atom stereocenters. The maximum absolute atomic E-state index is 10.9. The van der Waals surface area contributed by atoms with Gasteiger partial charge in [0.1, 0.15) is 5.75 Å². The van der Waals surface area contributed by atoms with Crippen molar-refractivity contribution in [1.29, 1.82) is 0 Å². The molecule has 0 aliphatic carbocycles. The molecule has 0 aliphatic heterocycles. The summed E-state index contributed by atoms with van der Waals surface area (Å²) in [6, 6.07) is 5.21. The largest absolute Gasteiger partial charge is 0.496 e. The van der Waals surface area contributed by atoms with E-state index in [4.69, 9.17) is 4.74 Å². The van der Waals surface area contributed by atoms with Gasteiger partial charge in [0.25, 0.3) is 5.69 Å². The fourth-order valence-corrected chi connectivity index (χ4v) is 2.56. The Hall–Kier alpha value is -1.62. The van der Waals surface area contributed by atoms with Crippen molar-refractivity contribution < 1.29 is 9.66 Å². The molecule has 0 aliphatic rings. The van der Waals surface area contributed by atoms with Gasteiger partial charge in [-0.05, 0) is 37.8 Å². The number of nitro groups is 1. The summed E-state index contributed by atoms with van der Waals surface area (Å²) in [5.41, 5.74) is 1.02. The van der Waals surface area contributed by atoms with E-state index >= 15 is 0 Å². The minimum Gasteiger partial charge on any atom is -0.496 e. The smallest absolute Gasteiger partial charge is 0.269 e. The molecule has 0 saturated carbocycles. The average molecular weight is 294 g/mol. The highest BCUT2D eigenvalue weighted by molar-refractivity contribution is 5.43. The Balaban J connectivity index is 2.79.